The molecule has 7 nitrogen and oxygen atoms in total. The second-order valence-corrected chi connectivity index (χ2v) is 7.34. The van der Waals surface area contributed by atoms with Crippen LogP contribution in [0.25, 0.3) is 0 Å². The van der Waals surface area contributed by atoms with E-state index in [2.05, 4.69) is 5.10 Å². The molecule has 0 N–H and O–H groups in total. The summed E-state index contributed by atoms with van der Waals surface area (Å²) < 4.78 is 14.6. The van der Waals surface area contributed by atoms with Crippen molar-refractivity contribution >= 4 is 23.2 Å². The van der Waals surface area contributed by atoms with Crippen molar-refractivity contribution in [2.75, 3.05) is 7.05 Å². The molecule has 1 aromatic heterocycles. The molecule has 0 aliphatic heterocycles. The lowest BCUT2D eigenvalue weighted by Crippen LogP contribution is -2.30. The minimum absolute atomic E-state index is 0.0403. The van der Waals surface area contributed by atoms with Gasteiger partial charge in [0.15, 0.2) is 0 Å². The van der Waals surface area contributed by atoms with Gasteiger partial charge in [0.05, 0.1) is 28.8 Å². The number of nitro groups is 1. The van der Waals surface area contributed by atoms with E-state index in [0.29, 0.717) is 11.3 Å². The maximum atomic E-state index is 13.1. The highest BCUT2D eigenvalue weighted by Crippen LogP contribution is 2.28. The number of carbonyl (C=O) groups excluding carboxylic acids is 1. The average molecular weight is 431 g/mol. The van der Waals surface area contributed by atoms with Crippen molar-refractivity contribution in [1.82, 2.24) is 14.7 Å². The Kier molecular flexibility index (Phi) is 6.17. The smallest absolute Gasteiger partial charge is 0.269 e. The lowest BCUT2D eigenvalue weighted by atomic mass is 10.1. The van der Waals surface area contributed by atoms with Crippen LogP contribution in [0.4, 0.5) is 10.1 Å². The lowest BCUT2D eigenvalue weighted by molar-refractivity contribution is -0.384. The van der Waals surface area contributed by atoms with Gasteiger partial charge in [-0.3, -0.25) is 14.9 Å². The number of nitrogens with zero attached hydrogens (tertiary/aromatic N) is 4. The Morgan fingerprint density at radius 1 is 1.30 bits per heavy atom. The molecule has 0 saturated carbocycles. The monoisotopic (exact) mass is 430 g/mol. The van der Waals surface area contributed by atoms with Crippen molar-refractivity contribution in [3.8, 4) is 0 Å². The molecular formula is C21H20ClFN4O3. The van der Waals surface area contributed by atoms with Gasteiger partial charge in [-0.2, -0.15) is 5.10 Å². The van der Waals surface area contributed by atoms with Crippen LogP contribution in [0.2, 0.25) is 5.15 Å². The summed E-state index contributed by atoms with van der Waals surface area (Å²) in [5.74, 6) is -0.684. The molecule has 0 spiro atoms. The van der Waals surface area contributed by atoms with Crippen molar-refractivity contribution in [3.05, 3.63) is 92.0 Å². The van der Waals surface area contributed by atoms with Crippen molar-refractivity contribution in [1.29, 1.82) is 0 Å². The molecule has 0 fully saturated rings. The van der Waals surface area contributed by atoms with E-state index in [1.807, 2.05) is 0 Å². The molecule has 1 atom stereocenters. The first-order valence-electron chi connectivity index (χ1n) is 9.18. The predicted molar refractivity (Wildman–Crippen MR) is 111 cm³/mol. The fourth-order valence-electron chi connectivity index (χ4n) is 3.14. The molecule has 0 saturated heterocycles. The highest BCUT2D eigenvalue weighted by Gasteiger charge is 2.27. The Hall–Kier alpha value is -3.26. The SMILES string of the molecule is Cc1nn(Cc2ccc(F)cc2)c(Cl)c1C(=O)N(C)C(C)c1cccc([N+](=O)[O-])c1. The maximum absolute atomic E-state index is 13.1. The summed E-state index contributed by atoms with van der Waals surface area (Å²) in [6, 6.07) is 11.7. The predicted octanol–water partition coefficient (Wildman–Crippen LogP) is 4.77. The van der Waals surface area contributed by atoms with E-state index in [1.165, 1.54) is 33.8 Å². The highest BCUT2D eigenvalue weighted by molar-refractivity contribution is 6.33. The molecule has 2 aromatic carbocycles. The molecular weight excluding hydrogens is 411 g/mol. The topological polar surface area (TPSA) is 81.3 Å². The van der Waals surface area contributed by atoms with Gasteiger partial charge in [-0.1, -0.05) is 35.9 Å². The van der Waals surface area contributed by atoms with Crippen LogP contribution in [-0.2, 0) is 6.54 Å². The van der Waals surface area contributed by atoms with Gasteiger partial charge in [0, 0.05) is 19.2 Å². The van der Waals surface area contributed by atoms with Crippen LogP contribution in [0.3, 0.4) is 0 Å². The number of rotatable bonds is 6. The number of nitro benzene ring substituents is 1. The van der Waals surface area contributed by atoms with Crippen molar-refractivity contribution in [2.24, 2.45) is 0 Å². The van der Waals surface area contributed by atoms with Crippen LogP contribution in [-0.4, -0.2) is 32.6 Å². The van der Waals surface area contributed by atoms with Crippen molar-refractivity contribution in [2.45, 2.75) is 26.4 Å². The van der Waals surface area contributed by atoms with E-state index in [1.54, 1.807) is 45.2 Å². The van der Waals surface area contributed by atoms with Crippen LogP contribution in [0.1, 0.15) is 40.1 Å². The number of aromatic nitrogens is 2. The summed E-state index contributed by atoms with van der Waals surface area (Å²) in [6.45, 7) is 3.76. The number of non-ortho nitro benzene ring substituents is 1. The van der Waals surface area contributed by atoms with E-state index < -0.39 is 11.0 Å². The first kappa shape index (κ1) is 21.4. The molecule has 3 rings (SSSR count). The number of carbonyl (C=O) groups is 1. The standard InChI is InChI=1S/C21H20ClFN4O3/c1-13-19(20(22)26(24-13)12-15-7-9-17(23)10-8-15)21(28)25(3)14(2)16-5-4-6-18(11-16)27(29)30/h4-11,14H,12H2,1-3H3. The van der Waals surface area contributed by atoms with Gasteiger partial charge in [-0.15, -0.1) is 0 Å². The summed E-state index contributed by atoms with van der Waals surface area (Å²) in [6.07, 6.45) is 0. The van der Waals surface area contributed by atoms with Gasteiger partial charge >= 0.3 is 0 Å². The summed E-state index contributed by atoms with van der Waals surface area (Å²) in [5, 5.41) is 15.6. The number of amides is 1. The molecule has 0 bridgehead atoms. The van der Waals surface area contributed by atoms with Gasteiger partial charge in [0.2, 0.25) is 0 Å². The number of hydrogen-bond donors (Lipinski definition) is 0. The molecule has 30 heavy (non-hydrogen) atoms. The number of halogens is 2. The van der Waals surface area contributed by atoms with E-state index >= 15 is 0 Å². The van der Waals surface area contributed by atoms with Gasteiger partial charge in [-0.05, 0) is 37.1 Å². The van der Waals surface area contributed by atoms with Gasteiger partial charge in [0.25, 0.3) is 11.6 Å². The summed E-state index contributed by atoms with van der Waals surface area (Å²) in [7, 11) is 1.61. The number of aryl methyl sites for hydroxylation is 1. The maximum Gasteiger partial charge on any atom is 0.269 e. The third-order valence-electron chi connectivity index (χ3n) is 4.99. The fraction of sp³-hybridized carbons (Fsp3) is 0.238. The quantitative estimate of drug-likeness (QED) is 0.416. The Morgan fingerprint density at radius 3 is 2.60 bits per heavy atom. The minimum atomic E-state index is -0.474. The molecule has 0 aliphatic carbocycles. The zero-order valence-corrected chi connectivity index (χ0v) is 17.4. The van der Waals surface area contributed by atoms with Crippen LogP contribution in [0.5, 0.6) is 0 Å². The number of hydrogen-bond acceptors (Lipinski definition) is 4. The number of benzene rings is 2. The van der Waals surface area contributed by atoms with Crippen LogP contribution >= 0.6 is 11.6 Å². The molecule has 9 heteroatoms. The van der Waals surface area contributed by atoms with E-state index in [0.717, 1.165) is 5.56 Å². The van der Waals surface area contributed by atoms with Crippen LogP contribution in [0.15, 0.2) is 48.5 Å². The zero-order chi connectivity index (χ0) is 22.0. The fourth-order valence-corrected chi connectivity index (χ4v) is 3.45. The van der Waals surface area contributed by atoms with E-state index in [4.69, 9.17) is 11.6 Å². The van der Waals surface area contributed by atoms with E-state index in [-0.39, 0.29) is 34.7 Å². The third kappa shape index (κ3) is 4.33. The first-order valence-corrected chi connectivity index (χ1v) is 9.55. The van der Waals surface area contributed by atoms with Gasteiger partial charge in [0.1, 0.15) is 11.0 Å². The summed E-state index contributed by atoms with van der Waals surface area (Å²) in [4.78, 5) is 25.2. The lowest BCUT2D eigenvalue weighted by Gasteiger charge is -2.25. The van der Waals surface area contributed by atoms with Crippen LogP contribution < -0.4 is 0 Å². The van der Waals surface area contributed by atoms with Crippen molar-refractivity contribution < 1.29 is 14.1 Å². The first-order chi connectivity index (χ1) is 14.2. The summed E-state index contributed by atoms with van der Waals surface area (Å²) >= 11 is 6.46. The summed E-state index contributed by atoms with van der Waals surface area (Å²) in [5.41, 5.74) is 2.11. The van der Waals surface area contributed by atoms with Crippen LogP contribution in [0, 0.1) is 22.9 Å². The molecule has 1 unspecified atom stereocenters. The average Bonchev–Trinajstić information content (AvgIpc) is 3.01. The second-order valence-electron chi connectivity index (χ2n) is 6.98. The molecule has 1 heterocycles. The zero-order valence-electron chi connectivity index (χ0n) is 16.7. The van der Waals surface area contributed by atoms with Gasteiger partial charge in [-0.25, -0.2) is 9.07 Å². The third-order valence-corrected chi connectivity index (χ3v) is 5.37. The van der Waals surface area contributed by atoms with Gasteiger partial charge < -0.3 is 4.90 Å². The van der Waals surface area contributed by atoms with Crippen molar-refractivity contribution in [3.63, 3.8) is 0 Å². The Labute approximate surface area is 177 Å². The normalized spacial score (nSPS) is 11.9. The molecule has 156 valence electrons. The molecule has 3 aromatic rings. The largest absolute Gasteiger partial charge is 0.335 e. The second kappa shape index (κ2) is 8.62. The highest BCUT2D eigenvalue weighted by atomic mass is 35.5. The minimum Gasteiger partial charge on any atom is -0.335 e. The molecule has 0 aliphatic rings. The Morgan fingerprint density at radius 2 is 1.97 bits per heavy atom. The molecule has 1 amide bonds. The Bertz CT molecular complexity index is 1100. The molecule has 0 radical (unpaired) electrons. The van der Waals surface area contributed by atoms with E-state index in [9.17, 15) is 19.3 Å². The Balaban J connectivity index is 1.85.